The molecule has 0 amide bonds. The molecule has 0 bridgehead atoms. The number of hydrogen-bond acceptors (Lipinski definition) is 2. The quantitative estimate of drug-likeness (QED) is 0.579. The molecule has 0 saturated carbocycles. The van der Waals surface area contributed by atoms with E-state index in [4.69, 9.17) is 0 Å². The molecule has 0 atom stereocenters. The molecule has 0 N–H and O–H groups in total. The summed E-state index contributed by atoms with van der Waals surface area (Å²) in [6.45, 7) is -0.427. The second kappa shape index (κ2) is 6.00. The highest BCUT2D eigenvalue weighted by atomic mass is 127. The average Bonchev–Trinajstić information content (AvgIpc) is 2.40. The van der Waals surface area contributed by atoms with E-state index in [1.165, 1.54) is 0 Å². The van der Waals surface area contributed by atoms with Gasteiger partial charge in [0.1, 0.15) is 0 Å². The van der Waals surface area contributed by atoms with E-state index >= 15 is 0 Å². The molecule has 0 unspecified atom stereocenters. The van der Waals surface area contributed by atoms with Crippen molar-refractivity contribution >= 4 is 28.4 Å². The van der Waals surface area contributed by atoms with E-state index in [1.54, 1.807) is 24.3 Å². The Hall–Kier alpha value is -1.64. The molecule has 3 nitrogen and oxygen atoms in total. The van der Waals surface area contributed by atoms with Crippen molar-refractivity contribution in [2.45, 2.75) is 12.7 Å². The SMILES string of the molecule is O=C(Cn1cc(C(F)(F)F)ccc1=O)c1ccc(I)cc1. The number of carbonyl (C=O) groups excluding carboxylic acids is 1. The fourth-order valence-electron chi connectivity index (χ4n) is 1.70. The molecular formula is C14H9F3INO2. The molecule has 21 heavy (non-hydrogen) atoms. The minimum absolute atomic E-state index is 0.347. The minimum Gasteiger partial charge on any atom is -0.307 e. The number of halogens is 4. The highest BCUT2D eigenvalue weighted by molar-refractivity contribution is 14.1. The smallest absolute Gasteiger partial charge is 0.307 e. The third kappa shape index (κ3) is 3.93. The van der Waals surface area contributed by atoms with Gasteiger partial charge in [-0.15, -0.1) is 0 Å². The Morgan fingerprint density at radius 3 is 2.29 bits per heavy atom. The van der Waals surface area contributed by atoms with Gasteiger partial charge in [0.25, 0.3) is 5.56 Å². The van der Waals surface area contributed by atoms with Crippen LogP contribution in [0.1, 0.15) is 15.9 Å². The van der Waals surface area contributed by atoms with Crippen molar-refractivity contribution in [3.05, 3.63) is 67.6 Å². The Bertz CT molecular complexity index is 720. The van der Waals surface area contributed by atoms with Crippen LogP contribution in [-0.4, -0.2) is 10.4 Å². The van der Waals surface area contributed by atoms with Crippen LogP contribution in [0.25, 0.3) is 0 Å². The van der Waals surface area contributed by atoms with Crippen LogP contribution in [0.3, 0.4) is 0 Å². The number of benzene rings is 1. The first kappa shape index (κ1) is 15.7. The number of rotatable bonds is 3. The van der Waals surface area contributed by atoms with Gasteiger partial charge in [0, 0.05) is 21.4 Å². The van der Waals surface area contributed by atoms with Crippen LogP contribution < -0.4 is 5.56 Å². The molecule has 0 aliphatic carbocycles. The zero-order chi connectivity index (χ0) is 15.6. The van der Waals surface area contributed by atoms with Crippen LogP contribution in [0, 0.1) is 3.57 Å². The Labute approximate surface area is 131 Å². The molecule has 0 saturated heterocycles. The van der Waals surface area contributed by atoms with Crippen molar-refractivity contribution in [2.24, 2.45) is 0 Å². The molecule has 7 heteroatoms. The van der Waals surface area contributed by atoms with Crippen molar-refractivity contribution < 1.29 is 18.0 Å². The summed E-state index contributed by atoms with van der Waals surface area (Å²) in [5.74, 6) is -0.423. The first-order valence-electron chi connectivity index (χ1n) is 5.84. The van der Waals surface area contributed by atoms with E-state index in [0.29, 0.717) is 17.8 Å². The number of carbonyl (C=O) groups is 1. The summed E-state index contributed by atoms with van der Waals surface area (Å²) < 4.78 is 39.5. The highest BCUT2D eigenvalue weighted by Crippen LogP contribution is 2.28. The summed E-state index contributed by atoms with van der Waals surface area (Å²) in [6.07, 6.45) is -3.89. The van der Waals surface area contributed by atoms with Gasteiger partial charge in [-0.1, -0.05) is 12.1 Å². The lowest BCUT2D eigenvalue weighted by Gasteiger charge is -2.10. The van der Waals surface area contributed by atoms with Crippen LogP contribution >= 0.6 is 22.6 Å². The summed E-state index contributed by atoms with van der Waals surface area (Å²) >= 11 is 2.07. The van der Waals surface area contributed by atoms with Gasteiger partial charge in [0.05, 0.1) is 12.1 Å². The highest BCUT2D eigenvalue weighted by Gasteiger charge is 2.31. The van der Waals surface area contributed by atoms with E-state index in [-0.39, 0.29) is 0 Å². The lowest BCUT2D eigenvalue weighted by molar-refractivity contribution is -0.138. The van der Waals surface area contributed by atoms with Crippen LogP contribution in [0.2, 0.25) is 0 Å². The van der Waals surface area contributed by atoms with Gasteiger partial charge in [-0.3, -0.25) is 9.59 Å². The topological polar surface area (TPSA) is 39.1 Å². The van der Waals surface area contributed by atoms with Crippen LogP contribution in [-0.2, 0) is 12.7 Å². The van der Waals surface area contributed by atoms with Crippen molar-refractivity contribution in [2.75, 3.05) is 0 Å². The van der Waals surface area contributed by atoms with E-state index in [2.05, 4.69) is 22.6 Å². The average molecular weight is 407 g/mol. The van der Waals surface area contributed by atoms with Gasteiger partial charge in [-0.05, 0) is 40.8 Å². The largest absolute Gasteiger partial charge is 0.417 e. The van der Waals surface area contributed by atoms with Crippen LogP contribution in [0.4, 0.5) is 13.2 Å². The second-order valence-electron chi connectivity index (χ2n) is 4.31. The Balaban J connectivity index is 2.29. The molecular weight excluding hydrogens is 398 g/mol. The third-order valence-electron chi connectivity index (χ3n) is 2.79. The summed E-state index contributed by atoms with van der Waals surface area (Å²) in [6, 6.07) is 8.08. The maximum absolute atomic E-state index is 12.6. The maximum Gasteiger partial charge on any atom is 0.417 e. The Kier molecular flexibility index (Phi) is 4.50. The first-order chi connectivity index (χ1) is 9.77. The van der Waals surface area contributed by atoms with Crippen molar-refractivity contribution in [3.8, 4) is 0 Å². The fourth-order valence-corrected chi connectivity index (χ4v) is 2.06. The number of Topliss-reactive ketones (excluding diaryl/α,β-unsaturated/α-hetero) is 1. The number of hydrogen-bond donors (Lipinski definition) is 0. The van der Waals surface area contributed by atoms with Crippen LogP contribution in [0.15, 0.2) is 47.4 Å². The minimum atomic E-state index is -4.55. The molecule has 1 aromatic heterocycles. The van der Waals surface area contributed by atoms with Crippen molar-refractivity contribution in [1.82, 2.24) is 4.57 Å². The van der Waals surface area contributed by atoms with E-state index < -0.39 is 29.6 Å². The number of pyridine rings is 1. The molecule has 2 aromatic rings. The van der Waals surface area contributed by atoms with E-state index in [9.17, 15) is 22.8 Å². The first-order valence-corrected chi connectivity index (χ1v) is 6.92. The molecule has 0 fully saturated rings. The normalized spacial score (nSPS) is 11.4. The van der Waals surface area contributed by atoms with Gasteiger partial charge in [0.15, 0.2) is 5.78 Å². The summed E-state index contributed by atoms with van der Waals surface area (Å²) in [5.41, 5.74) is -1.26. The Morgan fingerprint density at radius 1 is 1.10 bits per heavy atom. The van der Waals surface area contributed by atoms with Gasteiger partial charge in [0.2, 0.25) is 0 Å². The molecule has 0 spiro atoms. The van der Waals surface area contributed by atoms with Crippen LogP contribution in [0.5, 0.6) is 0 Å². The maximum atomic E-state index is 12.6. The van der Waals surface area contributed by atoms with Gasteiger partial charge in [-0.25, -0.2) is 0 Å². The fraction of sp³-hybridized carbons (Fsp3) is 0.143. The molecule has 0 aliphatic rings. The lowest BCUT2D eigenvalue weighted by atomic mass is 10.1. The Morgan fingerprint density at radius 2 is 1.71 bits per heavy atom. The molecule has 0 radical (unpaired) electrons. The predicted octanol–water partition coefficient (Wildman–Crippen LogP) is 3.35. The number of aromatic nitrogens is 1. The lowest BCUT2D eigenvalue weighted by Crippen LogP contribution is -2.25. The molecule has 2 rings (SSSR count). The zero-order valence-electron chi connectivity index (χ0n) is 10.5. The van der Waals surface area contributed by atoms with Crippen molar-refractivity contribution in [1.29, 1.82) is 0 Å². The zero-order valence-corrected chi connectivity index (χ0v) is 12.7. The predicted molar refractivity (Wildman–Crippen MR) is 79.2 cm³/mol. The number of ketones is 1. The third-order valence-corrected chi connectivity index (χ3v) is 3.51. The summed E-state index contributed by atoms with van der Waals surface area (Å²) in [5, 5.41) is 0. The summed E-state index contributed by atoms with van der Waals surface area (Å²) in [7, 11) is 0. The molecule has 110 valence electrons. The monoisotopic (exact) mass is 407 g/mol. The van der Waals surface area contributed by atoms with E-state index in [1.807, 2.05) is 0 Å². The van der Waals surface area contributed by atoms with Gasteiger partial charge >= 0.3 is 6.18 Å². The standard InChI is InChI=1S/C14H9F3INO2/c15-14(16,17)10-3-6-13(21)19(7-10)8-12(20)9-1-4-11(18)5-2-9/h1-7H,8H2. The molecule has 0 aliphatic heterocycles. The number of alkyl halides is 3. The number of nitrogens with zero attached hydrogens (tertiary/aromatic N) is 1. The van der Waals surface area contributed by atoms with Crippen molar-refractivity contribution in [3.63, 3.8) is 0 Å². The van der Waals surface area contributed by atoms with Gasteiger partial charge in [-0.2, -0.15) is 13.2 Å². The van der Waals surface area contributed by atoms with Gasteiger partial charge < -0.3 is 4.57 Å². The molecule has 1 aromatic carbocycles. The van der Waals surface area contributed by atoms with E-state index in [0.717, 1.165) is 14.2 Å². The second-order valence-corrected chi connectivity index (χ2v) is 5.56. The summed E-state index contributed by atoms with van der Waals surface area (Å²) in [4.78, 5) is 23.6. The molecule has 1 heterocycles.